The van der Waals surface area contributed by atoms with Crippen LogP contribution in [0.2, 0.25) is 0 Å². The first-order valence-corrected chi connectivity index (χ1v) is 3.96. The lowest BCUT2D eigenvalue weighted by Crippen LogP contribution is -2.40. The van der Waals surface area contributed by atoms with Crippen LogP contribution in [0.3, 0.4) is 0 Å². The number of nitrogens with zero attached hydrogens (tertiary/aromatic N) is 1. The summed E-state index contributed by atoms with van der Waals surface area (Å²) in [6, 6.07) is -0.0496. The number of rotatable bonds is 4. The zero-order chi connectivity index (χ0) is 9.56. The number of halogens is 1. The third-order valence-corrected chi connectivity index (χ3v) is 1.84. The third kappa shape index (κ3) is 5.15. The van der Waals surface area contributed by atoms with Gasteiger partial charge in [0.2, 0.25) is 0 Å². The van der Waals surface area contributed by atoms with Crippen molar-refractivity contribution < 1.29 is 5.11 Å². The predicted molar refractivity (Wildman–Crippen MR) is 65.8 cm³/mol. The Kier molecular flexibility index (Phi) is 9.82. The largest absolute Gasteiger partial charge is 0.395 e. The molecule has 2 nitrogen and oxygen atoms in total. The van der Waals surface area contributed by atoms with E-state index in [2.05, 4.69) is 11.8 Å². The van der Waals surface area contributed by atoms with Crippen molar-refractivity contribution in [3.8, 4) is 24.7 Å². The second kappa shape index (κ2) is 8.37. The second-order valence-corrected chi connectivity index (χ2v) is 2.65. The average Bonchev–Trinajstić information content (AvgIpc) is 2.11. The van der Waals surface area contributed by atoms with Crippen molar-refractivity contribution in [3.05, 3.63) is 0 Å². The monoisotopic (exact) mass is 293 g/mol. The molecular weight excluding hydrogens is 277 g/mol. The van der Waals surface area contributed by atoms with Crippen molar-refractivity contribution in [2.24, 2.45) is 0 Å². The topological polar surface area (TPSA) is 23.5 Å². The Morgan fingerprint density at radius 3 is 1.85 bits per heavy atom. The van der Waals surface area contributed by atoms with Gasteiger partial charge in [-0.2, -0.15) is 0 Å². The number of aliphatic hydroxyl groups is 1. The van der Waals surface area contributed by atoms with E-state index in [9.17, 15) is 0 Å². The van der Waals surface area contributed by atoms with Crippen LogP contribution in [0.1, 0.15) is 13.8 Å². The van der Waals surface area contributed by atoms with Crippen molar-refractivity contribution in [1.29, 1.82) is 0 Å². The van der Waals surface area contributed by atoms with E-state index >= 15 is 0 Å². The van der Waals surface area contributed by atoms with Gasteiger partial charge in [-0.3, -0.25) is 4.90 Å². The summed E-state index contributed by atoms with van der Waals surface area (Å²) in [5, 5.41) is 8.75. The van der Waals surface area contributed by atoms with Gasteiger partial charge in [0.1, 0.15) is 0 Å². The van der Waals surface area contributed by atoms with E-state index in [4.69, 9.17) is 18.0 Å². The number of terminal acetylenes is 2. The van der Waals surface area contributed by atoms with E-state index in [1.165, 1.54) is 0 Å². The summed E-state index contributed by atoms with van der Waals surface area (Å²) in [5.74, 6) is 5.17. The van der Waals surface area contributed by atoms with Crippen molar-refractivity contribution in [2.75, 3.05) is 13.2 Å². The Morgan fingerprint density at radius 2 is 1.62 bits per heavy atom. The zero-order valence-corrected chi connectivity index (χ0v) is 10.4. The minimum absolute atomic E-state index is 0. The molecule has 0 aromatic rings. The van der Waals surface area contributed by atoms with Crippen LogP contribution >= 0.6 is 24.0 Å². The lowest BCUT2D eigenvalue weighted by Gasteiger charge is -2.27. The van der Waals surface area contributed by atoms with E-state index in [-0.39, 0.29) is 42.7 Å². The van der Waals surface area contributed by atoms with Crippen LogP contribution in [-0.2, 0) is 0 Å². The van der Waals surface area contributed by atoms with Gasteiger partial charge in [0, 0.05) is 6.54 Å². The number of aliphatic hydroxyl groups excluding tert-OH is 1. The Labute approximate surface area is 97.7 Å². The van der Waals surface area contributed by atoms with Crippen molar-refractivity contribution in [1.82, 2.24) is 4.90 Å². The Morgan fingerprint density at radius 1 is 1.23 bits per heavy atom. The molecule has 74 valence electrons. The van der Waals surface area contributed by atoms with Gasteiger partial charge in [0.05, 0.1) is 18.7 Å². The first-order valence-electron chi connectivity index (χ1n) is 3.96. The summed E-state index contributed by atoms with van der Waals surface area (Å²) in [6.45, 7) is 4.39. The smallest absolute Gasteiger partial charge is 0.0694 e. The van der Waals surface area contributed by atoms with Gasteiger partial charge in [-0.25, -0.2) is 0 Å². The third-order valence-electron chi connectivity index (χ3n) is 1.84. The van der Waals surface area contributed by atoms with Crippen LogP contribution in [0.25, 0.3) is 0 Å². The molecule has 0 aromatic carbocycles. The number of hydrogen-bond donors (Lipinski definition) is 1. The molecule has 0 bridgehead atoms. The lowest BCUT2D eigenvalue weighted by atomic mass is 10.2. The van der Waals surface area contributed by atoms with Crippen molar-refractivity contribution >= 4 is 24.0 Å². The van der Waals surface area contributed by atoms with Gasteiger partial charge in [0.25, 0.3) is 0 Å². The second-order valence-electron chi connectivity index (χ2n) is 2.65. The summed E-state index contributed by atoms with van der Waals surface area (Å²) >= 11 is 0. The van der Waals surface area contributed by atoms with Crippen LogP contribution in [0, 0.1) is 24.7 Å². The minimum Gasteiger partial charge on any atom is -0.395 e. The highest BCUT2D eigenvalue weighted by atomic mass is 127. The summed E-state index contributed by atoms with van der Waals surface area (Å²) in [4.78, 5) is 1.90. The molecule has 0 aromatic heterocycles. The normalized spacial score (nSPS) is 13.7. The van der Waals surface area contributed by atoms with Crippen LogP contribution in [0.5, 0.6) is 0 Å². The molecule has 0 spiro atoms. The highest BCUT2D eigenvalue weighted by Crippen LogP contribution is 2.03. The molecule has 2 atom stereocenters. The van der Waals surface area contributed by atoms with Crippen LogP contribution in [0.15, 0.2) is 0 Å². The van der Waals surface area contributed by atoms with E-state index in [0.29, 0.717) is 6.54 Å². The molecule has 0 saturated heterocycles. The molecule has 0 aliphatic rings. The molecule has 13 heavy (non-hydrogen) atoms. The number of hydrogen-bond acceptors (Lipinski definition) is 2. The summed E-state index contributed by atoms with van der Waals surface area (Å²) in [7, 11) is 0. The maximum Gasteiger partial charge on any atom is 0.0694 e. The molecular formula is C10H16INO. The van der Waals surface area contributed by atoms with E-state index < -0.39 is 0 Å². The molecule has 0 fully saturated rings. The molecule has 1 N–H and O–H groups in total. The fourth-order valence-corrected chi connectivity index (χ4v) is 1.03. The van der Waals surface area contributed by atoms with Gasteiger partial charge in [-0.1, -0.05) is 11.8 Å². The Balaban J connectivity index is 0. The SMILES string of the molecule is C#CC(C)N(CCO)C(C)C#C.I. The predicted octanol–water partition coefficient (Wildman–Crippen LogP) is 0.942. The first-order chi connectivity index (χ1) is 5.67. The lowest BCUT2D eigenvalue weighted by molar-refractivity contribution is 0.165. The van der Waals surface area contributed by atoms with Crippen molar-refractivity contribution in [2.45, 2.75) is 25.9 Å². The Hall–Kier alpha value is -0.230. The quantitative estimate of drug-likeness (QED) is 0.616. The highest BCUT2D eigenvalue weighted by Gasteiger charge is 2.15. The van der Waals surface area contributed by atoms with Gasteiger partial charge in [-0.15, -0.1) is 36.8 Å². The average molecular weight is 293 g/mol. The first kappa shape index (κ1) is 15.3. The summed E-state index contributed by atoms with van der Waals surface area (Å²) in [6.07, 6.45) is 10.5. The standard InChI is InChI=1S/C10H15NO.HI/c1-5-9(3)11(7-8-12)10(4)6-2;/h1-2,9-10,12H,7-8H2,3-4H3;1H. The molecule has 0 radical (unpaired) electrons. The van der Waals surface area contributed by atoms with Crippen LogP contribution in [0.4, 0.5) is 0 Å². The van der Waals surface area contributed by atoms with Gasteiger partial charge >= 0.3 is 0 Å². The van der Waals surface area contributed by atoms with Crippen LogP contribution in [-0.4, -0.2) is 35.2 Å². The summed E-state index contributed by atoms with van der Waals surface area (Å²) < 4.78 is 0. The molecule has 0 heterocycles. The highest BCUT2D eigenvalue weighted by molar-refractivity contribution is 14.0. The molecule has 2 unspecified atom stereocenters. The van der Waals surface area contributed by atoms with Crippen LogP contribution < -0.4 is 0 Å². The fourth-order valence-electron chi connectivity index (χ4n) is 1.03. The Bertz CT molecular complexity index is 184. The molecule has 0 rings (SSSR count). The van der Waals surface area contributed by atoms with E-state index in [0.717, 1.165) is 0 Å². The van der Waals surface area contributed by atoms with E-state index in [1.807, 2.05) is 18.7 Å². The van der Waals surface area contributed by atoms with Gasteiger partial charge in [0.15, 0.2) is 0 Å². The van der Waals surface area contributed by atoms with Crippen molar-refractivity contribution in [3.63, 3.8) is 0 Å². The zero-order valence-electron chi connectivity index (χ0n) is 8.03. The maximum absolute atomic E-state index is 8.75. The molecule has 0 saturated carbocycles. The minimum atomic E-state index is -0.0248. The fraction of sp³-hybridized carbons (Fsp3) is 0.600. The molecule has 0 aliphatic carbocycles. The van der Waals surface area contributed by atoms with Gasteiger partial charge < -0.3 is 5.11 Å². The maximum atomic E-state index is 8.75. The van der Waals surface area contributed by atoms with Gasteiger partial charge in [-0.05, 0) is 13.8 Å². The molecule has 0 amide bonds. The molecule has 3 heteroatoms. The van der Waals surface area contributed by atoms with E-state index in [1.54, 1.807) is 0 Å². The summed E-state index contributed by atoms with van der Waals surface area (Å²) in [5.41, 5.74) is 0. The molecule has 0 aliphatic heterocycles.